The summed E-state index contributed by atoms with van der Waals surface area (Å²) in [6.07, 6.45) is -3.30. The molecular formula is C31H28ClF3N6O3S. The van der Waals surface area contributed by atoms with Crippen LogP contribution in [0.4, 0.5) is 23.7 Å². The molecule has 1 unspecified atom stereocenters. The summed E-state index contributed by atoms with van der Waals surface area (Å²) in [5.74, 6) is 0.119. The van der Waals surface area contributed by atoms with Gasteiger partial charge in [0.25, 0.3) is 0 Å². The molecule has 1 aromatic heterocycles. The summed E-state index contributed by atoms with van der Waals surface area (Å²) < 4.78 is 42.6. The number of amides is 3. The molecule has 1 saturated heterocycles. The highest BCUT2D eigenvalue weighted by molar-refractivity contribution is 8.15. The number of hydrogen-bond donors (Lipinski definition) is 1. The van der Waals surface area contributed by atoms with Crippen molar-refractivity contribution in [3.05, 3.63) is 89.2 Å². The largest absolute Gasteiger partial charge is 0.573 e. The summed E-state index contributed by atoms with van der Waals surface area (Å²) >= 11 is 7.68. The lowest BCUT2D eigenvalue weighted by atomic mass is 10.00. The molecule has 45 heavy (non-hydrogen) atoms. The predicted octanol–water partition coefficient (Wildman–Crippen LogP) is 7.56. The molecule has 1 aliphatic heterocycles. The first-order valence-corrected chi connectivity index (χ1v) is 15.2. The number of halogens is 4. The van der Waals surface area contributed by atoms with Gasteiger partial charge >= 0.3 is 12.4 Å². The summed E-state index contributed by atoms with van der Waals surface area (Å²) in [7, 11) is 0. The number of amidine groups is 1. The van der Waals surface area contributed by atoms with Crippen LogP contribution in [0.15, 0.2) is 78.0 Å². The average molecular weight is 657 g/mol. The maximum absolute atomic E-state index is 12.8. The van der Waals surface area contributed by atoms with Crippen LogP contribution in [0, 0.1) is 0 Å². The first-order valence-electron chi connectivity index (χ1n) is 13.9. The third-order valence-electron chi connectivity index (χ3n) is 6.95. The molecule has 0 bridgehead atoms. The van der Waals surface area contributed by atoms with Crippen LogP contribution in [0.3, 0.4) is 0 Å². The number of ether oxygens (including phenoxy) is 1. The van der Waals surface area contributed by atoms with Gasteiger partial charge in [-0.15, -0.1) is 18.3 Å². The van der Waals surface area contributed by atoms with Gasteiger partial charge in [-0.2, -0.15) is 4.99 Å². The Labute approximate surface area is 266 Å². The molecule has 1 fully saturated rings. The number of urea groups is 1. The van der Waals surface area contributed by atoms with E-state index in [0.29, 0.717) is 28.8 Å². The van der Waals surface area contributed by atoms with E-state index in [1.54, 1.807) is 6.07 Å². The smallest absolute Gasteiger partial charge is 0.406 e. The Bertz CT molecular complexity index is 1730. The number of benzene rings is 3. The Morgan fingerprint density at radius 1 is 1.09 bits per heavy atom. The van der Waals surface area contributed by atoms with Gasteiger partial charge in [0, 0.05) is 12.1 Å². The molecule has 9 nitrogen and oxygen atoms in total. The number of nitrogens with one attached hydrogen (secondary N) is 1. The summed E-state index contributed by atoms with van der Waals surface area (Å²) in [5, 5.41) is 7.94. The van der Waals surface area contributed by atoms with E-state index in [2.05, 4.69) is 25.1 Å². The fraction of sp³-hybridized carbons (Fsp3) is 0.258. The van der Waals surface area contributed by atoms with Gasteiger partial charge in [0.1, 0.15) is 12.1 Å². The van der Waals surface area contributed by atoms with E-state index in [4.69, 9.17) is 11.6 Å². The summed E-state index contributed by atoms with van der Waals surface area (Å²) in [6.45, 7) is 6.27. The quantitative estimate of drug-likeness (QED) is 0.210. The molecular weight excluding hydrogens is 629 g/mol. The van der Waals surface area contributed by atoms with E-state index in [1.807, 2.05) is 57.2 Å². The van der Waals surface area contributed by atoms with Crippen molar-refractivity contribution in [1.29, 1.82) is 0 Å². The van der Waals surface area contributed by atoms with Gasteiger partial charge in [-0.1, -0.05) is 80.5 Å². The molecule has 3 amide bonds. The minimum absolute atomic E-state index is 0.0591. The van der Waals surface area contributed by atoms with E-state index in [1.165, 1.54) is 51.9 Å². The van der Waals surface area contributed by atoms with E-state index < -0.39 is 12.4 Å². The zero-order valence-corrected chi connectivity index (χ0v) is 26.0. The van der Waals surface area contributed by atoms with Crippen LogP contribution in [0.1, 0.15) is 43.7 Å². The molecule has 0 aliphatic carbocycles. The Kier molecular flexibility index (Phi) is 9.49. The highest BCUT2D eigenvalue weighted by atomic mass is 35.5. The van der Waals surface area contributed by atoms with Crippen LogP contribution in [-0.4, -0.2) is 50.5 Å². The van der Waals surface area contributed by atoms with Gasteiger partial charge in [0.2, 0.25) is 5.91 Å². The lowest BCUT2D eigenvalue weighted by molar-refractivity contribution is -0.274. The van der Waals surface area contributed by atoms with Crippen molar-refractivity contribution in [2.24, 2.45) is 4.99 Å². The Hall–Kier alpha value is -4.36. The number of thioether (sulfide) groups is 1. The standard InChI is InChI=1S/C31H28ClF3N6O3S/c1-18(2)24-5-4-6-25(32)27(24)41-26(42)16-45-30(41)38-29(43)36-15-19(3)20-7-9-21(10-8-20)28-37-17-40(39-28)22-11-13-23(14-12-22)44-31(33,34)35/h4-14,17-19H,15-16H2,1-3H3,(H,36,43)/b38-30-. The van der Waals surface area contributed by atoms with Crippen molar-refractivity contribution in [2.75, 3.05) is 17.2 Å². The number of anilines is 1. The lowest BCUT2D eigenvalue weighted by Crippen LogP contribution is -2.33. The predicted molar refractivity (Wildman–Crippen MR) is 168 cm³/mol. The van der Waals surface area contributed by atoms with Gasteiger partial charge in [0.15, 0.2) is 11.0 Å². The number of aliphatic imine (C=N–C) groups is 1. The Morgan fingerprint density at radius 3 is 2.47 bits per heavy atom. The molecule has 1 atom stereocenters. The van der Waals surface area contributed by atoms with Gasteiger partial charge in [-0.25, -0.2) is 14.5 Å². The van der Waals surface area contributed by atoms with Gasteiger partial charge in [0.05, 0.1) is 22.2 Å². The normalized spacial score (nSPS) is 15.2. The Balaban J connectivity index is 1.21. The second kappa shape index (κ2) is 13.3. The van der Waals surface area contributed by atoms with E-state index in [9.17, 15) is 22.8 Å². The molecule has 0 spiro atoms. The zero-order valence-electron chi connectivity index (χ0n) is 24.4. The van der Waals surface area contributed by atoms with E-state index in [0.717, 1.165) is 16.7 Å². The van der Waals surface area contributed by atoms with Crippen molar-refractivity contribution in [3.63, 3.8) is 0 Å². The van der Waals surface area contributed by atoms with E-state index >= 15 is 0 Å². The Morgan fingerprint density at radius 2 is 1.80 bits per heavy atom. The number of alkyl halides is 3. The average Bonchev–Trinajstić information content (AvgIpc) is 3.62. The van der Waals surface area contributed by atoms with E-state index in [-0.39, 0.29) is 34.4 Å². The number of hydrogen-bond acceptors (Lipinski definition) is 6. The summed E-state index contributed by atoms with van der Waals surface area (Å²) in [4.78, 5) is 35.5. The summed E-state index contributed by atoms with van der Waals surface area (Å²) in [5.41, 5.74) is 3.65. The van der Waals surface area contributed by atoms with Gasteiger partial charge in [-0.05, 0) is 53.3 Å². The topological polar surface area (TPSA) is 102 Å². The number of rotatable bonds is 8. The van der Waals surface area contributed by atoms with Crippen molar-refractivity contribution in [3.8, 4) is 22.8 Å². The third kappa shape index (κ3) is 7.66. The molecule has 1 N–H and O–H groups in total. The molecule has 2 heterocycles. The first kappa shape index (κ1) is 32.0. The van der Waals surface area contributed by atoms with Crippen molar-refractivity contribution in [2.45, 2.75) is 39.0 Å². The second-order valence-electron chi connectivity index (χ2n) is 10.5. The fourth-order valence-corrected chi connectivity index (χ4v) is 5.78. The van der Waals surface area contributed by atoms with Crippen LogP contribution in [0.2, 0.25) is 5.02 Å². The minimum Gasteiger partial charge on any atom is -0.406 e. The van der Waals surface area contributed by atoms with Crippen LogP contribution in [-0.2, 0) is 4.79 Å². The molecule has 3 aromatic carbocycles. The molecule has 0 radical (unpaired) electrons. The molecule has 1 aliphatic rings. The number of nitrogens with zero attached hydrogens (tertiary/aromatic N) is 5. The second-order valence-corrected chi connectivity index (χ2v) is 11.9. The van der Waals surface area contributed by atoms with Gasteiger partial charge < -0.3 is 10.1 Å². The first-order chi connectivity index (χ1) is 21.4. The van der Waals surface area contributed by atoms with Crippen LogP contribution >= 0.6 is 23.4 Å². The highest BCUT2D eigenvalue weighted by Gasteiger charge is 2.34. The molecule has 4 aromatic rings. The van der Waals surface area contributed by atoms with Crippen molar-refractivity contribution >= 4 is 46.2 Å². The number of para-hydroxylation sites is 1. The zero-order chi connectivity index (χ0) is 32.3. The van der Waals surface area contributed by atoms with Gasteiger partial charge in [-0.3, -0.25) is 9.69 Å². The SMILES string of the molecule is CC(C)c1cccc(Cl)c1N1C(=O)CS/C1=N\C(=O)NCC(C)c1ccc(-c2ncn(-c3ccc(OC(F)(F)F)cc3)n2)cc1. The molecule has 234 valence electrons. The maximum Gasteiger partial charge on any atom is 0.573 e. The number of aromatic nitrogens is 3. The van der Waals surface area contributed by atoms with Crippen LogP contribution in [0.5, 0.6) is 5.75 Å². The third-order valence-corrected chi connectivity index (χ3v) is 8.18. The van der Waals surface area contributed by atoms with Crippen molar-refractivity contribution in [1.82, 2.24) is 20.1 Å². The minimum atomic E-state index is -4.76. The van der Waals surface area contributed by atoms with Crippen LogP contribution in [0.25, 0.3) is 17.1 Å². The summed E-state index contributed by atoms with van der Waals surface area (Å²) in [6, 6.07) is 17.7. The number of carbonyl (C=O) groups excluding carboxylic acids is 2. The molecule has 5 rings (SSSR count). The fourth-order valence-electron chi connectivity index (χ4n) is 4.66. The number of carbonyl (C=O) groups is 2. The van der Waals surface area contributed by atoms with Crippen LogP contribution < -0.4 is 15.0 Å². The molecule has 14 heteroatoms. The highest BCUT2D eigenvalue weighted by Crippen LogP contribution is 2.38. The molecule has 0 saturated carbocycles. The monoisotopic (exact) mass is 656 g/mol. The van der Waals surface area contributed by atoms with Crippen molar-refractivity contribution < 1.29 is 27.5 Å². The maximum atomic E-state index is 12.8. The lowest BCUT2D eigenvalue weighted by Gasteiger charge is -2.22.